The van der Waals surface area contributed by atoms with Gasteiger partial charge < -0.3 is 10.2 Å². The number of pyridine rings is 1. The van der Waals surface area contributed by atoms with E-state index in [1.165, 1.54) is 5.56 Å². The van der Waals surface area contributed by atoms with Gasteiger partial charge >= 0.3 is 0 Å². The summed E-state index contributed by atoms with van der Waals surface area (Å²) in [6.45, 7) is 5.88. The standard InChI is InChI=1S/C21H30N4O2S/c1-19(17-20-7-3-2-4-8-20)18-22-11-16-28(26,27)25-14-12-24(13-15-25)21-9-5-6-10-23-21/h2-10,19,22H,11-18H2,1H3. The Morgan fingerprint density at radius 2 is 1.75 bits per heavy atom. The molecule has 1 aromatic carbocycles. The normalized spacial score (nSPS) is 16.8. The molecule has 2 aromatic rings. The lowest BCUT2D eigenvalue weighted by atomic mass is 10.0. The molecule has 1 N–H and O–H groups in total. The summed E-state index contributed by atoms with van der Waals surface area (Å²) in [5, 5.41) is 3.31. The number of sulfonamides is 1. The molecule has 0 aliphatic carbocycles. The second-order valence-electron chi connectivity index (χ2n) is 7.39. The molecule has 0 radical (unpaired) electrons. The smallest absolute Gasteiger partial charge is 0.215 e. The van der Waals surface area contributed by atoms with Crippen LogP contribution < -0.4 is 10.2 Å². The zero-order valence-corrected chi connectivity index (χ0v) is 17.3. The molecular weight excluding hydrogens is 372 g/mol. The maximum absolute atomic E-state index is 12.6. The molecule has 0 amide bonds. The Morgan fingerprint density at radius 1 is 1.04 bits per heavy atom. The lowest BCUT2D eigenvalue weighted by Gasteiger charge is -2.34. The molecule has 1 unspecified atom stereocenters. The number of benzene rings is 1. The summed E-state index contributed by atoms with van der Waals surface area (Å²) in [4.78, 5) is 6.48. The first-order chi connectivity index (χ1) is 13.5. The van der Waals surface area contributed by atoms with E-state index in [4.69, 9.17) is 0 Å². The van der Waals surface area contributed by atoms with Gasteiger partial charge in [-0.3, -0.25) is 0 Å². The summed E-state index contributed by atoms with van der Waals surface area (Å²) in [6.07, 6.45) is 2.76. The highest BCUT2D eigenvalue weighted by Gasteiger charge is 2.26. The summed E-state index contributed by atoms with van der Waals surface area (Å²) in [6, 6.07) is 16.2. The van der Waals surface area contributed by atoms with E-state index in [2.05, 4.69) is 46.4 Å². The number of nitrogens with zero attached hydrogens (tertiary/aromatic N) is 3. The predicted molar refractivity (Wildman–Crippen MR) is 114 cm³/mol. The molecule has 6 nitrogen and oxygen atoms in total. The van der Waals surface area contributed by atoms with Crippen molar-refractivity contribution in [2.75, 3.05) is 49.9 Å². The Labute approximate surface area is 168 Å². The van der Waals surface area contributed by atoms with Gasteiger partial charge in [-0.25, -0.2) is 13.4 Å². The molecule has 28 heavy (non-hydrogen) atoms. The van der Waals surface area contributed by atoms with Crippen LogP contribution in [-0.2, 0) is 16.4 Å². The molecule has 2 heterocycles. The summed E-state index contributed by atoms with van der Waals surface area (Å²) < 4.78 is 26.8. The monoisotopic (exact) mass is 402 g/mol. The topological polar surface area (TPSA) is 65.5 Å². The van der Waals surface area contributed by atoms with E-state index in [0.717, 1.165) is 18.8 Å². The molecule has 7 heteroatoms. The number of nitrogens with one attached hydrogen (secondary N) is 1. The molecule has 3 rings (SSSR count). The molecule has 1 saturated heterocycles. The maximum Gasteiger partial charge on any atom is 0.215 e. The van der Waals surface area contributed by atoms with Crippen molar-refractivity contribution in [3.8, 4) is 0 Å². The summed E-state index contributed by atoms with van der Waals surface area (Å²) in [5.41, 5.74) is 1.31. The Bertz CT molecular complexity index is 807. The van der Waals surface area contributed by atoms with Crippen molar-refractivity contribution in [3.63, 3.8) is 0 Å². The van der Waals surface area contributed by atoms with Crippen LogP contribution in [-0.4, -0.2) is 62.7 Å². The second kappa shape index (κ2) is 10.0. The number of aromatic nitrogens is 1. The predicted octanol–water partition coefficient (Wildman–Crippen LogP) is 2.00. The molecule has 0 saturated carbocycles. The summed E-state index contributed by atoms with van der Waals surface area (Å²) in [5.74, 6) is 1.52. The van der Waals surface area contributed by atoms with Crippen molar-refractivity contribution in [1.29, 1.82) is 0 Å². The highest BCUT2D eigenvalue weighted by molar-refractivity contribution is 7.89. The summed E-state index contributed by atoms with van der Waals surface area (Å²) >= 11 is 0. The van der Waals surface area contributed by atoms with Gasteiger partial charge in [0.25, 0.3) is 0 Å². The molecule has 1 aromatic heterocycles. The SMILES string of the molecule is CC(CNCCS(=O)(=O)N1CCN(c2ccccn2)CC1)Cc1ccccc1. The first-order valence-corrected chi connectivity index (χ1v) is 11.5. The van der Waals surface area contributed by atoms with Gasteiger partial charge in [-0.05, 0) is 36.6 Å². The third-order valence-corrected chi connectivity index (χ3v) is 6.93. The maximum atomic E-state index is 12.6. The van der Waals surface area contributed by atoms with Crippen LogP contribution in [0.4, 0.5) is 5.82 Å². The van der Waals surface area contributed by atoms with E-state index in [0.29, 0.717) is 38.6 Å². The minimum Gasteiger partial charge on any atom is -0.354 e. The average molecular weight is 403 g/mol. The molecule has 1 aliphatic rings. The van der Waals surface area contributed by atoms with Gasteiger partial charge in [0.05, 0.1) is 5.75 Å². The zero-order valence-electron chi connectivity index (χ0n) is 16.5. The Balaban J connectivity index is 1.37. The van der Waals surface area contributed by atoms with Crippen molar-refractivity contribution in [1.82, 2.24) is 14.6 Å². The van der Waals surface area contributed by atoms with E-state index in [1.807, 2.05) is 24.3 Å². The first kappa shape index (κ1) is 20.8. The van der Waals surface area contributed by atoms with E-state index < -0.39 is 10.0 Å². The van der Waals surface area contributed by atoms with Gasteiger partial charge in [0.2, 0.25) is 10.0 Å². The van der Waals surface area contributed by atoms with Gasteiger partial charge in [0.15, 0.2) is 0 Å². The van der Waals surface area contributed by atoms with Gasteiger partial charge in [0.1, 0.15) is 5.82 Å². The molecule has 0 bridgehead atoms. The van der Waals surface area contributed by atoms with E-state index in [1.54, 1.807) is 10.5 Å². The van der Waals surface area contributed by atoms with Crippen molar-refractivity contribution in [3.05, 3.63) is 60.3 Å². The fraction of sp³-hybridized carbons (Fsp3) is 0.476. The van der Waals surface area contributed by atoms with Crippen molar-refractivity contribution >= 4 is 15.8 Å². The minimum absolute atomic E-state index is 0.147. The lowest BCUT2D eigenvalue weighted by Crippen LogP contribution is -2.50. The highest BCUT2D eigenvalue weighted by atomic mass is 32.2. The molecule has 152 valence electrons. The number of piperazine rings is 1. The Hall–Kier alpha value is -1.96. The fourth-order valence-electron chi connectivity index (χ4n) is 3.50. The molecule has 0 spiro atoms. The fourth-order valence-corrected chi connectivity index (χ4v) is 4.88. The van der Waals surface area contributed by atoms with Crippen LogP contribution in [0, 0.1) is 5.92 Å². The first-order valence-electron chi connectivity index (χ1n) is 9.93. The molecule has 1 fully saturated rings. The van der Waals surface area contributed by atoms with Crippen LogP contribution in [0.5, 0.6) is 0 Å². The minimum atomic E-state index is -3.22. The number of rotatable bonds is 9. The van der Waals surface area contributed by atoms with Gasteiger partial charge in [-0.15, -0.1) is 0 Å². The quantitative estimate of drug-likeness (QED) is 0.650. The third-order valence-electron chi connectivity index (χ3n) is 5.06. The average Bonchev–Trinajstić information content (AvgIpc) is 2.73. The van der Waals surface area contributed by atoms with Crippen LogP contribution in [0.15, 0.2) is 54.7 Å². The van der Waals surface area contributed by atoms with Crippen molar-refractivity contribution in [2.45, 2.75) is 13.3 Å². The van der Waals surface area contributed by atoms with Gasteiger partial charge in [-0.1, -0.05) is 43.3 Å². The number of hydrogen-bond acceptors (Lipinski definition) is 5. The van der Waals surface area contributed by atoms with Crippen LogP contribution in [0.2, 0.25) is 0 Å². The molecule has 1 atom stereocenters. The number of hydrogen-bond donors (Lipinski definition) is 1. The van der Waals surface area contributed by atoms with Crippen LogP contribution in [0.1, 0.15) is 12.5 Å². The summed E-state index contributed by atoms with van der Waals surface area (Å²) in [7, 11) is -3.22. The van der Waals surface area contributed by atoms with Crippen LogP contribution >= 0.6 is 0 Å². The highest BCUT2D eigenvalue weighted by Crippen LogP contribution is 2.14. The molecular formula is C21H30N4O2S. The van der Waals surface area contributed by atoms with Crippen LogP contribution in [0.25, 0.3) is 0 Å². The molecule has 1 aliphatic heterocycles. The largest absolute Gasteiger partial charge is 0.354 e. The van der Waals surface area contributed by atoms with E-state index in [-0.39, 0.29) is 5.75 Å². The Morgan fingerprint density at radius 3 is 2.43 bits per heavy atom. The second-order valence-corrected chi connectivity index (χ2v) is 9.48. The van der Waals surface area contributed by atoms with E-state index in [9.17, 15) is 8.42 Å². The van der Waals surface area contributed by atoms with Crippen LogP contribution in [0.3, 0.4) is 0 Å². The zero-order chi connectivity index (χ0) is 19.8. The Kier molecular flexibility index (Phi) is 7.42. The van der Waals surface area contributed by atoms with Crippen molar-refractivity contribution < 1.29 is 8.42 Å². The van der Waals surface area contributed by atoms with Gasteiger partial charge in [-0.2, -0.15) is 4.31 Å². The third kappa shape index (κ3) is 6.02. The van der Waals surface area contributed by atoms with Crippen molar-refractivity contribution in [2.24, 2.45) is 5.92 Å². The van der Waals surface area contributed by atoms with Gasteiger partial charge in [0, 0.05) is 38.9 Å². The lowest BCUT2D eigenvalue weighted by molar-refractivity contribution is 0.383. The van der Waals surface area contributed by atoms with E-state index >= 15 is 0 Å². The number of anilines is 1.